The van der Waals surface area contributed by atoms with Gasteiger partial charge in [-0.1, -0.05) is 12.8 Å². The number of rotatable bonds is 1. The summed E-state index contributed by atoms with van der Waals surface area (Å²) in [6, 6.07) is 3.47. The molecule has 0 bridgehead atoms. The molecule has 1 saturated heterocycles. The van der Waals surface area contributed by atoms with Gasteiger partial charge in [0, 0.05) is 0 Å². The zero-order chi connectivity index (χ0) is 15.3. The topological polar surface area (TPSA) is 49.4 Å². The Kier molecular flexibility index (Phi) is 2.96. The molecule has 0 unspecified atom stereocenters. The van der Waals surface area contributed by atoms with Crippen LogP contribution in [0.5, 0.6) is 0 Å². The molecule has 1 N–H and O–H groups in total. The molecule has 0 radical (unpaired) electrons. The lowest BCUT2D eigenvalue weighted by Gasteiger charge is -2.20. The maximum absolute atomic E-state index is 12.5. The van der Waals surface area contributed by atoms with E-state index >= 15 is 0 Å². The standard InChI is InChI=1S/C14H13F3N2O2/c15-14(16,17)9-3-5-10(6-4-9)19-11(20)13(18-12(19)21)7-1-2-8-13/h3-6H,1-2,7-8H2,(H,18,21). The SMILES string of the molecule is O=C1NC2(CCCC2)C(=O)N1c1ccc(C(F)(F)F)cc1. The summed E-state index contributed by atoms with van der Waals surface area (Å²) in [5.74, 6) is -0.371. The summed E-state index contributed by atoms with van der Waals surface area (Å²) in [6.07, 6.45) is -1.58. The first-order chi connectivity index (χ1) is 9.83. The third-order valence-corrected chi connectivity index (χ3v) is 4.07. The van der Waals surface area contributed by atoms with Gasteiger partial charge in [0.05, 0.1) is 11.3 Å². The van der Waals surface area contributed by atoms with E-state index in [0.717, 1.165) is 42.0 Å². The van der Waals surface area contributed by atoms with Crippen molar-refractivity contribution in [1.82, 2.24) is 5.32 Å². The van der Waals surface area contributed by atoms with Crippen LogP contribution in [-0.2, 0) is 11.0 Å². The van der Waals surface area contributed by atoms with Crippen molar-refractivity contribution >= 4 is 17.6 Å². The summed E-state index contributed by atoms with van der Waals surface area (Å²) in [4.78, 5) is 25.4. The molecule has 3 amide bonds. The van der Waals surface area contributed by atoms with Gasteiger partial charge < -0.3 is 5.32 Å². The Morgan fingerprint density at radius 2 is 1.62 bits per heavy atom. The minimum absolute atomic E-state index is 0.161. The average molecular weight is 298 g/mol. The third-order valence-electron chi connectivity index (χ3n) is 4.07. The van der Waals surface area contributed by atoms with Crippen LogP contribution in [0.3, 0.4) is 0 Å². The number of nitrogens with zero attached hydrogens (tertiary/aromatic N) is 1. The van der Waals surface area contributed by atoms with Crippen LogP contribution in [0.2, 0.25) is 0 Å². The van der Waals surface area contributed by atoms with Crippen LogP contribution in [0, 0.1) is 0 Å². The van der Waals surface area contributed by atoms with Gasteiger partial charge in [-0.2, -0.15) is 13.2 Å². The average Bonchev–Trinajstić information content (AvgIpc) is 2.96. The number of benzene rings is 1. The first-order valence-corrected chi connectivity index (χ1v) is 6.67. The Bertz CT molecular complexity index is 589. The first-order valence-electron chi connectivity index (χ1n) is 6.67. The number of alkyl halides is 3. The maximum atomic E-state index is 12.5. The van der Waals surface area contributed by atoms with Gasteiger partial charge in [0.25, 0.3) is 5.91 Å². The largest absolute Gasteiger partial charge is 0.416 e. The van der Waals surface area contributed by atoms with Gasteiger partial charge in [-0.15, -0.1) is 0 Å². The lowest BCUT2D eigenvalue weighted by atomic mass is 9.98. The lowest BCUT2D eigenvalue weighted by molar-refractivity contribution is -0.137. The minimum Gasteiger partial charge on any atom is -0.323 e. The first kappa shape index (κ1) is 13.9. The molecule has 1 heterocycles. The van der Waals surface area contributed by atoms with Crippen LogP contribution in [0.15, 0.2) is 24.3 Å². The summed E-state index contributed by atoms with van der Waals surface area (Å²) < 4.78 is 37.6. The molecule has 0 atom stereocenters. The predicted molar refractivity (Wildman–Crippen MR) is 68.7 cm³/mol. The predicted octanol–water partition coefficient (Wildman–Crippen LogP) is 3.07. The van der Waals surface area contributed by atoms with Crippen molar-refractivity contribution in [2.45, 2.75) is 37.4 Å². The maximum Gasteiger partial charge on any atom is 0.416 e. The van der Waals surface area contributed by atoms with Crippen LogP contribution in [0.4, 0.5) is 23.7 Å². The molecule has 1 aliphatic heterocycles. The van der Waals surface area contributed by atoms with E-state index in [-0.39, 0.29) is 11.6 Å². The number of halogens is 3. The molecule has 1 saturated carbocycles. The fourth-order valence-electron chi connectivity index (χ4n) is 2.97. The molecule has 1 aromatic carbocycles. The second-order valence-electron chi connectivity index (χ2n) is 5.40. The zero-order valence-corrected chi connectivity index (χ0v) is 11.0. The Labute approximate surface area is 118 Å². The highest BCUT2D eigenvalue weighted by molar-refractivity contribution is 6.23. The number of anilines is 1. The summed E-state index contributed by atoms with van der Waals surface area (Å²) in [6.45, 7) is 0. The van der Waals surface area contributed by atoms with Crippen LogP contribution in [-0.4, -0.2) is 17.5 Å². The molecular formula is C14H13F3N2O2. The molecule has 2 aliphatic rings. The number of imide groups is 1. The van der Waals surface area contributed by atoms with Crippen molar-refractivity contribution in [1.29, 1.82) is 0 Å². The van der Waals surface area contributed by atoms with Gasteiger partial charge in [0.2, 0.25) is 0 Å². The van der Waals surface area contributed by atoms with Gasteiger partial charge in [-0.25, -0.2) is 9.69 Å². The number of carbonyl (C=O) groups excluding carboxylic acids is 2. The highest BCUT2D eigenvalue weighted by Gasteiger charge is 2.52. The smallest absolute Gasteiger partial charge is 0.323 e. The monoisotopic (exact) mass is 298 g/mol. The molecule has 1 spiro atoms. The van der Waals surface area contributed by atoms with Crippen molar-refractivity contribution in [3.63, 3.8) is 0 Å². The zero-order valence-electron chi connectivity index (χ0n) is 11.0. The number of amides is 3. The molecule has 2 fully saturated rings. The Hall–Kier alpha value is -2.05. The van der Waals surface area contributed by atoms with Gasteiger partial charge in [0.1, 0.15) is 5.54 Å². The molecule has 4 nitrogen and oxygen atoms in total. The van der Waals surface area contributed by atoms with Crippen LogP contribution in [0.25, 0.3) is 0 Å². The van der Waals surface area contributed by atoms with E-state index in [2.05, 4.69) is 5.32 Å². The highest BCUT2D eigenvalue weighted by Crippen LogP contribution is 2.37. The van der Waals surface area contributed by atoms with E-state index in [1.54, 1.807) is 0 Å². The van der Waals surface area contributed by atoms with E-state index in [0.29, 0.717) is 12.8 Å². The molecular weight excluding hydrogens is 285 g/mol. The van der Waals surface area contributed by atoms with E-state index in [1.165, 1.54) is 0 Å². The third kappa shape index (κ3) is 2.16. The van der Waals surface area contributed by atoms with Crippen LogP contribution in [0.1, 0.15) is 31.2 Å². The van der Waals surface area contributed by atoms with E-state index in [4.69, 9.17) is 0 Å². The Morgan fingerprint density at radius 1 is 1.05 bits per heavy atom. The lowest BCUT2D eigenvalue weighted by Crippen LogP contribution is -2.44. The second kappa shape index (κ2) is 4.47. The van der Waals surface area contributed by atoms with Crippen molar-refractivity contribution in [2.75, 3.05) is 4.90 Å². The van der Waals surface area contributed by atoms with E-state index in [1.807, 2.05) is 0 Å². The number of carbonyl (C=O) groups is 2. The van der Waals surface area contributed by atoms with E-state index in [9.17, 15) is 22.8 Å². The molecule has 0 aromatic heterocycles. The molecule has 112 valence electrons. The molecule has 1 aliphatic carbocycles. The van der Waals surface area contributed by atoms with E-state index < -0.39 is 23.3 Å². The van der Waals surface area contributed by atoms with Gasteiger partial charge in [-0.3, -0.25) is 4.79 Å². The van der Waals surface area contributed by atoms with Crippen molar-refractivity contribution < 1.29 is 22.8 Å². The van der Waals surface area contributed by atoms with Gasteiger partial charge >= 0.3 is 12.2 Å². The molecule has 1 aromatic rings. The Morgan fingerprint density at radius 3 is 2.14 bits per heavy atom. The molecule has 3 rings (SSSR count). The number of hydrogen-bond donors (Lipinski definition) is 1. The minimum atomic E-state index is -4.44. The fraction of sp³-hybridized carbons (Fsp3) is 0.429. The normalized spacial score (nSPS) is 21.2. The van der Waals surface area contributed by atoms with Crippen LogP contribution >= 0.6 is 0 Å². The number of urea groups is 1. The number of nitrogens with one attached hydrogen (secondary N) is 1. The second-order valence-corrected chi connectivity index (χ2v) is 5.40. The summed E-state index contributed by atoms with van der Waals surface area (Å²) >= 11 is 0. The summed E-state index contributed by atoms with van der Waals surface area (Å²) in [5, 5.41) is 2.69. The summed E-state index contributed by atoms with van der Waals surface area (Å²) in [7, 11) is 0. The van der Waals surface area contributed by atoms with Crippen LogP contribution < -0.4 is 10.2 Å². The number of hydrogen-bond acceptors (Lipinski definition) is 2. The Balaban J connectivity index is 1.90. The van der Waals surface area contributed by atoms with Crippen molar-refractivity contribution in [3.8, 4) is 0 Å². The molecule has 7 heteroatoms. The van der Waals surface area contributed by atoms with Crippen molar-refractivity contribution in [3.05, 3.63) is 29.8 Å². The quantitative estimate of drug-likeness (QED) is 0.810. The fourth-order valence-corrected chi connectivity index (χ4v) is 2.97. The van der Waals surface area contributed by atoms with Crippen molar-refractivity contribution in [2.24, 2.45) is 0 Å². The molecule has 21 heavy (non-hydrogen) atoms. The summed E-state index contributed by atoms with van der Waals surface area (Å²) in [5.41, 5.74) is -1.51. The van der Waals surface area contributed by atoms with Gasteiger partial charge in [-0.05, 0) is 37.1 Å². The van der Waals surface area contributed by atoms with Gasteiger partial charge in [0.15, 0.2) is 0 Å². The highest BCUT2D eigenvalue weighted by atomic mass is 19.4.